The number of likely N-dealkylation sites (N-methyl/N-ethyl adjacent to an activating group) is 1. The summed E-state index contributed by atoms with van der Waals surface area (Å²) in [5, 5.41) is 9.80. The molecule has 1 fully saturated rings. The zero-order valence-electron chi connectivity index (χ0n) is 8.78. The van der Waals surface area contributed by atoms with Gasteiger partial charge in [-0.15, -0.1) is 12.3 Å². The monoisotopic (exact) mass is 197 g/mol. The van der Waals surface area contributed by atoms with E-state index < -0.39 is 0 Å². The Hall–Kier alpha value is -0.560. The zero-order valence-corrected chi connectivity index (χ0v) is 8.78. The molecule has 80 valence electrons. The molecule has 2 atom stereocenters. The number of hydrogen-bond acceptors (Lipinski definition) is 3. The van der Waals surface area contributed by atoms with Gasteiger partial charge in [0.05, 0.1) is 18.8 Å². The number of nitrogens with zero attached hydrogens (tertiary/aromatic N) is 1. The molecule has 1 aliphatic heterocycles. The van der Waals surface area contributed by atoms with E-state index in [-0.39, 0.29) is 12.2 Å². The molecule has 0 saturated carbocycles. The molecule has 1 N–H and O–H groups in total. The molecular formula is C11H19NO2. The van der Waals surface area contributed by atoms with Gasteiger partial charge >= 0.3 is 0 Å². The van der Waals surface area contributed by atoms with Crippen molar-refractivity contribution in [3.63, 3.8) is 0 Å². The van der Waals surface area contributed by atoms with E-state index in [0.717, 1.165) is 32.4 Å². The van der Waals surface area contributed by atoms with Crippen LogP contribution in [0.5, 0.6) is 0 Å². The lowest BCUT2D eigenvalue weighted by Crippen LogP contribution is -2.45. The Bertz CT molecular complexity index is 200. The molecule has 0 aliphatic carbocycles. The maximum Gasteiger partial charge on any atom is 0.0960 e. The van der Waals surface area contributed by atoms with E-state index in [1.807, 2.05) is 7.05 Å². The van der Waals surface area contributed by atoms with Crippen molar-refractivity contribution >= 4 is 0 Å². The Balaban J connectivity index is 2.22. The van der Waals surface area contributed by atoms with Crippen molar-refractivity contribution in [3.8, 4) is 12.3 Å². The third kappa shape index (κ3) is 3.67. The number of terminal acetylenes is 1. The quantitative estimate of drug-likeness (QED) is 0.525. The predicted octanol–water partition coefficient (Wildman–Crippen LogP) is 0.481. The number of morpholine rings is 1. The molecule has 0 spiro atoms. The summed E-state index contributed by atoms with van der Waals surface area (Å²) >= 11 is 0. The summed E-state index contributed by atoms with van der Waals surface area (Å²) in [6.07, 6.45) is 7.09. The molecule has 0 radical (unpaired) electrons. The number of rotatable bonds is 4. The van der Waals surface area contributed by atoms with E-state index in [4.69, 9.17) is 11.2 Å². The van der Waals surface area contributed by atoms with Gasteiger partial charge in [-0.2, -0.15) is 0 Å². The smallest absolute Gasteiger partial charge is 0.0960 e. The van der Waals surface area contributed by atoms with Crippen LogP contribution in [0.15, 0.2) is 0 Å². The van der Waals surface area contributed by atoms with Gasteiger partial charge in [0, 0.05) is 19.5 Å². The first-order valence-corrected chi connectivity index (χ1v) is 5.15. The summed E-state index contributed by atoms with van der Waals surface area (Å²) in [5.74, 6) is 2.57. The number of aliphatic hydroxyl groups excluding tert-OH is 1. The Labute approximate surface area is 86.0 Å². The van der Waals surface area contributed by atoms with Gasteiger partial charge in [-0.1, -0.05) is 0 Å². The second-order valence-electron chi connectivity index (χ2n) is 3.84. The molecule has 0 aromatic rings. The Morgan fingerprint density at radius 2 is 2.50 bits per heavy atom. The SMILES string of the molecule is C#CCCCC(O)C1CN(C)CCO1. The van der Waals surface area contributed by atoms with Crippen LogP contribution in [0.25, 0.3) is 0 Å². The highest BCUT2D eigenvalue weighted by molar-refractivity contribution is 4.84. The second kappa shape index (κ2) is 6.02. The Kier molecular flexibility index (Phi) is 4.95. The molecule has 0 amide bonds. The largest absolute Gasteiger partial charge is 0.390 e. The van der Waals surface area contributed by atoms with E-state index in [9.17, 15) is 5.11 Å². The molecule has 3 heteroatoms. The van der Waals surface area contributed by atoms with Gasteiger partial charge in [-0.05, 0) is 19.9 Å². The van der Waals surface area contributed by atoms with Crippen LogP contribution in [-0.2, 0) is 4.74 Å². The lowest BCUT2D eigenvalue weighted by atomic mass is 10.1. The van der Waals surface area contributed by atoms with Gasteiger partial charge in [-0.25, -0.2) is 0 Å². The van der Waals surface area contributed by atoms with E-state index in [0.29, 0.717) is 6.61 Å². The molecule has 1 aliphatic rings. The van der Waals surface area contributed by atoms with Gasteiger partial charge in [-0.3, -0.25) is 0 Å². The molecule has 2 unspecified atom stereocenters. The van der Waals surface area contributed by atoms with Crippen molar-refractivity contribution in [1.82, 2.24) is 4.90 Å². The minimum Gasteiger partial charge on any atom is -0.390 e. The molecule has 1 heterocycles. The maximum atomic E-state index is 9.80. The van der Waals surface area contributed by atoms with Gasteiger partial charge in [0.25, 0.3) is 0 Å². The van der Waals surface area contributed by atoms with Crippen LogP contribution in [0.2, 0.25) is 0 Å². The highest BCUT2D eigenvalue weighted by atomic mass is 16.5. The first-order chi connectivity index (χ1) is 6.74. The van der Waals surface area contributed by atoms with Crippen LogP contribution in [0.3, 0.4) is 0 Å². The van der Waals surface area contributed by atoms with Crippen molar-refractivity contribution in [1.29, 1.82) is 0 Å². The van der Waals surface area contributed by atoms with Crippen LogP contribution in [0.4, 0.5) is 0 Å². The van der Waals surface area contributed by atoms with E-state index in [1.54, 1.807) is 0 Å². The number of aliphatic hydroxyl groups is 1. The Morgan fingerprint density at radius 3 is 3.14 bits per heavy atom. The van der Waals surface area contributed by atoms with Gasteiger partial charge in [0.1, 0.15) is 0 Å². The molecule has 0 aromatic carbocycles. The number of ether oxygens (including phenoxy) is 1. The summed E-state index contributed by atoms with van der Waals surface area (Å²) in [6, 6.07) is 0. The fourth-order valence-electron chi connectivity index (χ4n) is 1.64. The summed E-state index contributed by atoms with van der Waals surface area (Å²) in [4.78, 5) is 2.18. The molecule has 14 heavy (non-hydrogen) atoms. The van der Waals surface area contributed by atoms with Crippen LogP contribution in [0, 0.1) is 12.3 Å². The summed E-state index contributed by atoms with van der Waals surface area (Å²) < 4.78 is 5.50. The zero-order chi connectivity index (χ0) is 10.4. The third-order valence-corrected chi connectivity index (χ3v) is 2.55. The van der Waals surface area contributed by atoms with Crippen LogP contribution in [0.1, 0.15) is 19.3 Å². The number of hydrogen-bond donors (Lipinski definition) is 1. The van der Waals surface area contributed by atoms with Gasteiger partial charge in [0.15, 0.2) is 0 Å². The van der Waals surface area contributed by atoms with Crippen LogP contribution >= 0.6 is 0 Å². The minimum absolute atomic E-state index is 0.0356. The summed E-state index contributed by atoms with van der Waals surface area (Å²) in [7, 11) is 2.05. The highest BCUT2D eigenvalue weighted by Gasteiger charge is 2.24. The van der Waals surface area contributed by atoms with Crippen molar-refractivity contribution in [2.45, 2.75) is 31.5 Å². The van der Waals surface area contributed by atoms with Gasteiger partial charge < -0.3 is 14.7 Å². The lowest BCUT2D eigenvalue weighted by molar-refractivity contribution is -0.0851. The second-order valence-corrected chi connectivity index (χ2v) is 3.84. The highest BCUT2D eigenvalue weighted by Crippen LogP contribution is 2.12. The van der Waals surface area contributed by atoms with Crippen molar-refractivity contribution in [3.05, 3.63) is 0 Å². The molecular weight excluding hydrogens is 178 g/mol. The average molecular weight is 197 g/mol. The molecule has 3 nitrogen and oxygen atoms in total. The summed E-state index contributed by atoms with van der Waals surface area (Å²) in [6.45, 7) is 2.48. The normalized spacial score (nSPS) is 25.6. The van der Waals surface area contributed by atoms with Gasteiger partial charge in [0.2, 0.25) is 0 Å². The molecule has 0 aromatic heterocycles. The fraction of sp³-hybridized carbons (Fsp3) is 0.818. The maximum absolute atomic E-state index is 9.80. The predicted molar refractivity (Wildman–Crippen MR) is 55.9 cm³/mol. The standard InChI is InChI=1S/C11H19NO2/c1-3-4-5-6-10(13)11-9-12(2)7-8-14-11/h1,10-11,13H,4-9H2,2H3. The molecule has 0 bridgehead atoms. The average Bonchev–Trinajstić information content (AvgIpc) is 2.18. The van der Waals surface area contributed by atoms with E-state index in [2.05, 4.69) is 10.8 Å². The van der Waals surface area contributed by atoms with E-state index in [1.165, 1.54) is 0 Å². The Morgan fingerprint density at radius 1 is 1.71 bits per heavy atom. The minimum atomic E-state index is -0.369. The van der Waals surface area contributed by atoms with Crippen molar-refractivity contribution < 1.29 is 9.84 Å². The van der Waals surface area contributed by atoms with Crippen LogP contribution in [-0.4, -0.2) is 49.0 Å². The van der Waals surface area contributed by atoms with Crippen molar-refractivity contribution in [2.24, 2.45) is 0 Å². The molecule has 1 saturated heterocycles. The molecule has 1 rings (SSSR count). The fourth-order valence-corrected chi connectivity index (χ4v) is 1.64. The number of unbranched alkanes of at least 4 members (excludes halogenated alkanes) is 1. The lowest BCUT2D eigenvalue weighted by Gasteiger charge is -2.32. The first-order valence-electron chi connectivity index (χ1n) is 5.15. The van der Waals surface area contributed by atoms with Crippen molar-refractivity contribution in [2.75, 3.05) is 26.7 Å². The topological polar surface area (TPSA) is 32.7 Å². The first kappa shape index (κ1) is 11.5. The summed E-state index contributed by atoms with van der Waals surface area (Å²) in [5.41, 5.74) is 0. The third-order valence-electron chi connectivity index (χ3n) is 2.55. The van der Waals surface area contributed by atoms with Crippen LogP contribution < -0.4 is 0 Å². The van der Waals surface area contributed by atoms with E-state index >= 15 is 0 Å².